The standard InChI is InChI=1S/C13H27NO/c1-11(2,3)13(15)8-7-9-14(10-13)12(4,5)6/h15H,7-10H2,1-6H3. The molecule has 0 aromatic carbocycles. The molecule has 0 saturated carbocycles. The van der Waals surface area contributed by atoms with E-state index in [0.29, 0.717) is 0 Å². The van der Waals surface area contributed by atoms with E-state index in [1.165, 1.54) is 0 Å². The second kappa shape index (κ2) is 3.74. The third kappa shape index (κ3) is 2.73. The lowest BCUT2D eigenvalue weighted by Crippen LogP contribution is -2.59. The summed E-state index contributed by atoms with van der Waals surface area (Å²) in [5.41, 5.74) is -0.394. The minimum absolute atomic E-state index is 0.0308. The Morgan fingerprint density at radius 3 is 2.00 bits per heavy atom. The zero-order chi connectivity index (χ0) is 11.9. The monoisotopic (exact) mass is 213 g/mol. The second-order valence-electron chi connectivity index (χ2n) is 6.98. The van der Waals surface area contributed by atoms with Crippen molar-refractivity contribution < 1.29 is 5.11 Å². The second-order valence-corrected chi connectivity index (χ2v) is 6.98. The Bertz CT molecular complexity index is 224. The summed E-state index contributed by atoms with van der Waals surface area (Å²) in [6.45, 7) is 15.0. The molecule has 1 saturated heterocycles. The maximum absolute atomic E-state index is 10.7. The highest BCUT2D eigenvalue weighted by Gasteiger charge is 2.44. The fourth-order valence-electron chi connectivity index (χ4n) is 2.22. The smallest absolute Gasteiger partial charge is 0.0822 e. The SMILES string of the molecule is CC(C)(C)N1CCCC(O)(C(C)(C)C)C1. The third-order valence-electron chi connectivity index (χ3n) is 3.82. The molecule has 0 aliphatic carbocycles. The Balaban J connectivity index is 2.80. The molecular weight excluding hydrogens is 186 g/mol. The molecular formula is C13H27NO. The van der Waals surface area contributed by atoms with Crippen LogP contribution in [0.5, 0.6) is 0 Å². The van der Waals surface area contributed by atoms with E-state index in [4.69, 9.17) is 0 Å². The molecule has 2 heteroatoms. The van der Waals surface area contributed by atoms with Crippen LogP contribution in [0.4, 0.5) is 0 Å². The van der Waals surface area contributed by atoms with Gasteiger partial charge in [-0.15, -0.1) is 0 Å². The van der Waals surface area contributed by atoms with Crippen molar-refractivity contribution >= 4 is 0 Å². The topological polar surface area (TPSA) is 23.5 Å². The fraction of sp³-hybridized carbons (Fsp3) is 1.00. The molecule has 1 atom stereocenters. The van der Waals surface area contributed by atoms with E-state index in [1.807, 2.05) is 0 Å². The van der Waals surface area contributed by atoms with Crippen molar-refractivity contribution in [2.45, 2.75) is 65.5 Å². The number of β-amino-alcohol motifs (C(OH)–C–C–N with tert-alkyl or cyclic N) is 1. The molecule has 1 unspecified atom stereocenters. The first-order chi connectivity index (χ1) is 6.56. The van der Waals surface area contributed by atoms with Crippen molar-refractivity contribution in [3.05, 3.63) is 0 Å². The lowest BCUT2D eigenvalue weighted by molar-refractivity contribution is -0.121. The van der Waals surface area contributed by atoms with E-state index in [-0.39, 0.29) is 11.0 Å². The molecule has 15 heavy (non-hydrogen) atoms. The van der Waals surface area contributed by atoms with Crippen molar-refractivity contribution in [3.63, 3.8) is 0 Å². The summed E-state index contributed by atoms with van der Waals surface area (Å²) in [4.78, 5) is 2.40. The summed E-state index contributed by atoms with van der Waals surface area (Å²) in [6.07, 6.45) is 2.04. The summed E-state index contributed by atoms with van der Waals surface area (Å²) in [5.74, 6) is 0. The number of hydrogen-bond donors (Lipinski definition) is 1. The van der Waals surface area contributed by atoms with E-state index in [0.717, 1.165) is 25.9 Å². The summed E-state index contributed by atoms with van der Waals surface area (Å²) < 4.78 is 0. The number of rotatable bonds is 0. The molecule has 1 aliphatic heterocycles. The Morgan fingerprint density at radius 2 is 1.60 bits per heavy atom. The van der Waals surface area contributed by atoms with Gasteiger partial charge in [0.15, 0.2) is 0 Å². The van der Waals surface area contributed by atoms with Crippen LogP contribution >= 0.6 is 0 Å². The minimum Gasteiger partial charge on any atom is -0.388 e. The molecule has 0 aromatic heterocycles. The van der Waals surface area contributed by atoms with Crippen LogP contribution in [-0.4, -0.2) is 34.2 Å². The highest BCUT2D eigenvalue weighted by atomic mass is 16.3. The number of aliphatic hydroxyl groups is 1. The van der Waals surface area contributed by atoms with Crippen LogP contribution in [0.2, 0.25) is 0 Å². The summed E-state index contributed by atoms with van der Waals surface area (Å²) in [7, 11) is 0. The highest BCUT2D eigenvalue weighted by molar-refractivity contribution is 4.98. The molecule has 2 nitrogen and oxygen atoms in total. The van der Waals surface area contributed by atoms with E-state index in [9.17, 15) is 5.11 Å². The average molecular weight is 213 g/mol. The van der Waals surface area contributed by atoms with Crippen molar-refractivity contribution in [3.8, 4) is 0 Å². The van der Waals surface area contributed by atoms with Crippen molar-refractivity contribution in [1.82, 2.24) is 4.90 Å². The quantitative estimate of drug-likeness (QED) is 0.669. The van der Waals surface area contributed by atoms with Gasteiger partial charge in [-0.3, -0.25) is 4.90 Å². The van der Waals surface area contributed by atoms with Gasteiger partial charge < -0.3 is 5.11 Å². The van der Waals surface area contributed by atoms with Gasteiger partial charge in [-0.25, -0.2) is 0 Å². The van der Waals surface area contributed by atoms with Crippen molar-refractivity contribution in [2.24, 2.45) is 5.41 Å². The van der Waals surface area contributed by atoms with Crippen LogP contribution in [0.1, 0.15) is 54.4 Å². The van der Waals surface area contributed by atoms with Gasteiger partial charge in [0.2, 0.25) is 0 Å². The maximum Gasteiger partial charge on any atom is 0.0822 e. The Hall–Kier alpha value is -0.0800. The zero-order valence-corrected chi connectivity index (χ0v) is 11.2. The number of nitrogens with zero attached hydrogens (tertiary/aromatic N) is 1. The molecule has 90 valence electrons. The first-order valence-corrected chi connectivity index (χ1v) is 6.04. The van der Waals surface area contributed by atoms with E-state index in [2.05, 4.69) is 46.4 Å². The van der Waals surface area contributed by atoms with Crippen molar-refractivity contribution in [1.29, 1.82) is 0 Å². The van der Waals surface area contributed by atoms with E-state index in [1.54, 1.807) is 0 Å². The van der Waals surface area contributed by atoms with Crippen molar-refractivity contribution in [2.75, 3.05) is 13.1 Å². The Morgan fingerprint density at radius 1 is 1.07 bits per heavy atom. The van der Waals surface area contributed by atoms with Gasteiger partial charge in [0.25, 0.3) is 0 Å². The molecule has 0 radical (unpaired) electrons. The molecule has 1 heterocycles. The molecule has 0 aromatic rings. The van der Waals surface area contributed by atoms with Crippen LogP contribution in [0.15, 0.2) is 0 Å². The third-order valence-corrected chi connectivity index (χ3v) is 3.82. The molecule has 1 aliphatic rings. The van der Waals surface area contributed by atoms with Gasteiger partial charge >= 0.3 is 0 Å². The number of likely N-dealkylation sites (tertiary alicyclic amines) is 1. The van der Waals surface area contributed by atoms with Crippen LogP contribution in [-0.2, 0) is 0 Å². The summed E-state index contributed by atoms with van der Waals surface area (Å²) in [5, 5.41) is 10.7. The minimum atomic E-state index is -0.529. The lowest BCUT2D eigenvalue weighted by atomic mass is 9.71. The largest absolute Gasteiger partial charge is 0.388 e. The Kier molecular flexibility index (Phi) is 3.24. The maximum atomic E-state index is 10.7. The van der Waals surface area contributed by atoms with Gasteiger partial charge in [0.05, 0.1) is 5.60 Å². The van der Waals surface area contributed by atoms with Crippen LogP contribution in [0.25, 0.3) is 0 Å². The first-order valence-electron chi connectivity index (χ1n) is 6.04. The zero-order valence-electron chi connectivity index (χ0n) is 11.2. The lowest BCUT2D eigenvalue weighted by Gasteiger charge is -2.50. The van der Waals surface area contributed by atoms with E-state index >= 15 is 0 Å². The molecule has 1 N–H and O–H groups in total. The molecule has 1 fully saturated rings. The molecule has 0 bridgehead atoms. The van der Waals surface area contributed by atoms with Crippen LogP contribution in [0, 0.1) is 5.41 Å². The summed E-state index contributed by atoms with van der Waals surface area (Å²) >= 11 is 0. The predicted octanol–water partition coefficient (Wildman–Crippen LogP) is 2.66. The molecule has 1 rings (SSSR count). The molecule has 0 spiro atoms. The number of hydrogen-bond acceptors (Lipinski definition) is 2. The summed E-state index contributed by atoms with van der Waals surface area (Å²) in [6, 6.07) is 0. The molecule has 0 amide bonds. The first kappa shape index (κ1) is 13.0. The average Bonchev–Trinajstić information content (AvgIpc) is 2.00. The van der Waals surface area contributed by atoms with Gasteiger partial charge in [-0.2, -0.15) is 0 Å². The predicted molar refractivity (Wildman–Crippen MR) is 65.0 cm³/mol. The van der Waals surface area contributed by atoms with Crippen LogP contribution in [0.3, 0.4) is 0 Å². The van der Waals surface area contributed by atoms with Gasteiger partial charge in [-0.1, -0.05) is 20.8 Å². The van der Waals surface area contributed by atoms with Gasteiger partial charge in [-0.05, 0) is 45.6 Å². The van der Waals surface area contributed by atoms with E-state index < -0.39 is 5.60 Å². The normalized spacial score (nSPS) is 30.6. The fourth-order valence-corrected chi connectivity index (χ4v) is 2.22. The van der Waals surface area contributed by atoms with Crippen LogP contribution < -0.4 is 0 Å². The number of piperidine rings is 1. The highest BCUT2D eigenvalue weighted by Crippen LogP contribution is 2.39. The Labute approximate surface area is 94.7 Å². The van der Waals surface area contributed by atoms with Gasteiger partial charge in [0.1, 0.15) is 0 Å². The van der Waals surface area contributed by atoms with Gasteiger partial charge in [0, 0.05) is 12.1 Å².